The summed E-state index contributed by atoms with van der Waals surface area (Å²) >= 11 is 1.65. The fourth-order valence-corrected chi connectivity index (χ4v) is 5.13. The van der Waals surface area contributed by atoms with E-state index in [1.54, 1.807) is 11.3 Å². The van der Waals surface area contributed by atoms with Crippen LogP contribution in [-0.2, 0) is 11.3 Å². The van der Waals surface area contributed by atoms with Crippen molar-refractivity contribution >= 4 is 17.2 Å². The number of amides is 1. The number of hydrogen-bond acceptors (Lipinski definition) is 5. The third-order valence-corrected chi connectivity index (χ3v) is 6.77. The molecule has 3 heterocycles. The maximum Gasteiger partial charge on any atom is 0.237 e. The summed E-state index contributed by atoms with van der Waals surface area (Å²) in [6, 6.07) is 10.2. The van der Waals surface area contributed by atoms with Crippen LogP contribution in [0.1, 0.15) is 24.1 Å². The standard InChI is InChI=1S/C20H26N4OS/c1-24-14-20(7-9-21-10-8-20)11-17(24)18(25)22-12-16-13-23-19(26-16)15-5-3-2-4-6-15/h2-6,13,17,21H,7-12,14H2,1H3,(H,22,25)/t17-/m0/s1. The number of nitrogens with one attached hydrogen (secondary N) is 2. The average molecular weight is 371 g/mol. The molecule has 1 amide bonds. The Kier molecular flexibility index (Phi) is 5.07. The van der Waals surface area contributed by atoms with E-state index in [0.29, 0.717) is 12.0 Å². The Balaban J connectivity index is 1.35. The molecule has 2 saturated heterocycles. The Morgan fingerprint density at radius 3 is 2.88 bits per heavy atom. The Morgan fingerprint density at radius 1 is 1.35 bits per heavy atom. The quantitative estimate of drug-likeness (QED) is 0.868. The van der Waals surface area contributed by atoms with Crippen molar-refractivity contribution in [2.45, 2.75) is 31.8 Å². The summed E-state index contributed by atoms with van der Waals surface area (Å²) in [5.74, 6) is 0.151. The summed E-state index contributed by atoms with van der Waals surface area (Å²) in [6.07, 6.45) is 5.21. The number of thiazole rings is 1. The van der Waals surface area contributed by atoms with Gasteiger partial charge in [-0.1, -0.05) is 30.3 Å². The second-order valence-corrected chi connectivity index (χ2v) is 8.72. The van der Waals surface area contributed by atoms with Gasteiger partial charge in [-0.2, -0.15) is 0 Å². The Morgan fingerprint density at radius 2 is 2.12 bits per heavy atom. The molecule has 2 aliphatic rings. The molecular formula is C20H26N4OS. The highest BCUT2D eigenvalue weighted by molar-refractivity contribution is 7.15. The van der Waals surface area contributed by atoms with E-state index >= 15 is 0 Å². The summed E-state index contributed by atoms with van der Waals surface area (Å²) < 4.78 is 0. The van der Waals surface area contributed by atoms with Crippen LogP contribution in [0.25, 0.3) is 10.6 Å². The van der Waals surface area contributed by atoms with Crippen LogP contribution in [0.5, 0.6) is 0 Å². The molecular weight excluding hydrogens is 344 g/mol. The van der Waals surface area contributed by atoms with Crippen molar-refractivity contribution in [3.8, 4) is 10.6 Å². The van der Waals surface area contributed by atoms with Crippen molar-refractivity contribution in [3.05, 3.63) is 41.4 Å². The van der Waals surface area contributed by atoms with Crippen LogP contribution in [0.15, 0.2) is 36.5 Å². The maximum atomic E-state index is 12.7. The molecule has 1 aromatic carbocycles. The summed E-state index contributed by atoms with van der Waals surface area (Å²) in [4.78, 5) is 20.6. The van der Waals surface area contributed by atoms with E-state index < -0.39 is 0 Å². The monoisotopic (exact) mass is 370 g/mol. The minimum atomic E-state index is -0.00499. The molecule has 0 unspecified atom stereocenters. The lowest BCUT2D eigenvalue weighted by Crippen LogP contribution is -2.40. The van der Waals surface area contributed by atoms with E-state index in [9.17, 15) is 4.79 Å². The van der Waals surface area contributed by atoms with Gasteiger partial charge in [-0.3, -0.25) is 9.69 Å². The van der Waals surface area contributed by atoms with Crippen molar-refractivity contribution in [1.29, 1.82) is 0 Å². The van der Waals surface area contributed by atoms with Crippen LogP contribution >= 0.6 is 11.3 Å². The molecule has 6 heteroatoms. The van der Waals surface area contributed by atoms with Gasteiger partial charge < -0.3 is 10.6 Å². The highest BCUT2D eigenvalue weighted by Crippen LogP contribution is 2.41. The van der Waals surface area contributed by atoms with Crippen molar-refractivity contribution in [2.24, 2.45) is 5.41 Å². The Bertz CT molecular complexity index is 754. The molecule has 0 saturated carbocycles. The van der Waals surface area contributed by atoms with Crippen molar-refractivity contribution in [2.75, 3.05) is 26.7 Å². The topological polar surface area (TPSA) is 57.3 Å². The Hall–Kier alpha value is -1.76. The fraction of sp³-hybridized carbons (Fsp3) is 0.500. The number of likely N-dealkylation sites (N-methyl/N-ethyl adjacent to an activating group) is 1. The number of hydrogen-bond donors (Lipinski definition) is 2. The van der Waals surface area contributed by atoms with E-state index in [-0.39, 0.29) is 11.9 Å². The van der Waals surface area contributed by atoms with Crippen molar-refractivity contribution in [3.63, 3.8) is 0 Å². The predicted octanol–water partition coefficient (Wildman–Crippen LogP) is 2.50. The molecule has 138 valence electrons. The molecule has 1 atom stereocenters. The minimum absolute atomic E-state index is 0.00499. The molecule has 2 fully saturated rings. The zero-order valence-electron chi connectivity index (χ0n) is 15.2. The summed E-state index contributed by atoms with van der Waals surface area (Å²) in [5, 5.41) is 7.57. The van der Waals surface area contributed by atoms with Crippen molar-refractivity contribution < 1.29 is 4.79 Å². The van der Waals surface area contributed by atoms with Crippen LogP contribution in [-0.4, -0.2) is 48.5 Å². The maximum absolute atomic E-state index is 12.7. The number of nitrogens with zero attached hydrogens (tertiary/aromatic N) is 2. The number of likely N-dealkylation sites (tertiary alicyclic amines) is 1. The lowest BCUT2D eigenvalue weighted by Gasteiger charge is -2.33. The first kappa shape index (κ1) is 17.6. The molecule has 0 aliphatic carbocycles. The largest absolute Gasteiger partial charge is 0.350 e. The molecule has 0 radical (unpaired) electrons. The van der Waals surface area contributed by atoms with Crippen LogP contribution in [0.2, 0.25) is 0 Å². The number of piperidine rings is 1. The highest BCUT2D eigenvalue weighted by atomic mass is 32.1. The summed E-state index contributed by atoms with van der Waals surface area (Å²) in [5.41, 5.74) is 1.45. The normalized spacial score (nSPS) is 22.6. The molecule has 4 rings (SSSR count). The van der Waals surface area contributed by atoms with Gasteiger partial charge in [0.15, 0.2) is 0 Å². The lowest BCUT2D eigenvalue weighted by atomic mass is 9.77. The van der Waals surface area contributed by atoms with Gasteiger partial charge in [-0.15, -0.1) is 11.3 Å². The molecule has 0 bridgehead atoms. The zero-order chi connectivity index (χ0) is 18.0. The van der Waals surface area contributed by atoms with Gasteiger partial charge in [-0.25, -0.2) is 4.98 Å². The molecule has 2 aliphatic heterocycles. The van der Waals surface area contributed by atoms with Crippen LogP contribution in [0, 0.1) is 5.41 Å². The van der Waals surface area contributed by atoms with Crippen LogP contribution < -0.4 is 10.6 Å². The molecule has 5 nitrogen and oxygen atoms in total. The van der Waals surface area contributed by atoms with E-state index in [1.165, 1.54) is 12.8 Å². The third-order valence-electron chi connectivity index (χ3n) is 5.72. The second kappa shape index (κ2) is 7.47. The number of rotatable bonds is 4. The number of carbonyl (C=O) groups is 1. The van der Waals surface area contributed by atoms with Gasteiger partial charge in [0, 0.05) is 23.2 Å². The lowest BCUT2D eigenvalue weighted by molar-refractivity contribution is -0.125. The number of aromatic nitrogens is 1. The predicted molar refractivity (Wildman–Crippen MR) is 105 cm³/mol. The minimum Gasteiger partial charge on any atom is -0.350 e. The second-order valence-electron chi connectivity index (χ2n) is 7.60. The highest BCUT2D eigenvalue weighted by Gasteiger charge is 2.45. The number of carbonyl (C=O) groups excluding carboxylic acids is 1. The van der Waals surface area contributed by atoms with E-state index in [4.69, 9.17) is 0 Å². The summed E-state index contributed by atoms with van der Waals surface area (Å²) in [6.45, 7) is 3.74. The van der Waals surface area contributed by atoms with Gasteiger partial charge in [0.05, 0.1) is 12.6 Å². The summed E-state index contributed by atoms with van der Waals surface area (Å²) in [7, 11) is 2.08. The first-order valence-corrected chi connectivity index (χ1v) is 10.2. The van der Waals surface area contributed by atoms with Gasteiger partial charge >= 0.3 is 0 Å². The molecule has 2 aromatic rings. The van der Waals surface area contributed by atoms with Crippen LogP contribution in [0.4, 0.5) is 0 Å². The first-order valence-electron chi connectivity index (χ1n) is 9.34. The van der Waals surface area contributed by atoms with Crippen molar-refractivity contribution in [1.82, 2.24) is 20.5 Å². The van der Waals surface area contributed by atoms with Gasteiger partial charge in [0.25, 0.3) is 0 Å². The van der Waals surface area contributed by atoms with Crippen LogP contribution in [0.3, 0.4) is 0 Å². The molecule has 1 spiro atoms. The molecule has 2 N–H and O–H groups in total. The van der Waals surface area contributed by atoms with Gasteiger partial charge in [-0.05, 0) is 44.8 Å². The van der Waals surface area contributed by atoms with Gasteiger partial charge in [0.1, 0.15) is 5.01 Å². The SMILES string of the molecule is CN1CC2(CCNCC2)C[C@H]1C(=O)NCc1cnc(-c2ccccc2)s1. The van der Waals surface area contributed by atoms with E-state index in [1.807, 2.05) is 24.4 Å². The molecule has 26 heavy (non-hydrogen) atoms. The van der Waals surface area contributed by atoms with Gasteiger partial charge in [0.2, 0.25) is 5.91 Å². The zero-order valence-corrected chi connectivity index (χ0v) is 16.0. The first-order chi connectivity index (χ1) is 12.7. The smallest absolute Gasteiger partial charge is 0.237 e. The van der Waals surface area contributed by atoms with E-state index in [2.05, 4.69) is 39.7 Å². The Labute approximate surface area is 158 Å². The molecule has 1 aromatic heterocycles. The number of benzene rings is 1. The van der Waals surface area contributed by atoms with E-state index in [0.717, 1.165) is 41.5 Å². The fourth-order valence-electron chi connectivity index (χ4n) is 4.28. The third kappa shape index (κ3) is 3.68. The average Bonchev–Trinajstić information content (AvgIpc) is 3.26.